The van der Waals surface area contributed by atoms with Crippen LogP contribution in [0.15, 0.2) is 18.3 Å². The second kappa shape index (κ2) is 4.11. The van der Waals surface area contributed by atoms with E-state index in [1.807, 2.05) is 19.9 Å². The van der Waals surface area contributed by atoms with Gasteiger partial charge >= 0.3 is 0 Å². The molecule has 0 saturated carbocycles. The van der Waals surface area contributed by atoms with Gasteiger partial charge in [0.15, 0.2) is 0 Å². The van der Waals surface area contributed by atoms with E-state index in [-0.39, 0.29) is 0 Å². The van der Waals surface area contributed by atoms with Crippen molar-refractivity contribution in [3.05, 3.63) is 23.9 Å². The highest BCUT2D eigenvalue weighted by Gasteiger charge is 2.35. The fraction of sp³-hybridized carbons (Fsp3) is 0.500. The number of nitrogens with zero attached hydrogens (tertiary/aromatic N) is 2. The van der Waals surface area contributed by atoms with Crippen LogP contribution in [0, 0.1) is 11.3 Å². The summed E-state index contributed by atoms with van der Waals surface area (Å²) in [6.45, 7) is 7.23. The second-order valence-corrected chi connectivity index (χ2v) is 4.85. The van der Waals surface area contributed by atoms with Gasteiger partial charge in [0.05, 0.1) is 22.8 Å². The van der Waals surface area contributed by atoms with Crippen molar-refractivity contribution in [3.63, 3.8) is 0 Å². The van der Waals surface area contributed by atoms with Crippen LogP contribution >= 0.6 is 0 Å². The maximum absolute atomic E-state index is 9.98. The van der Waals surface area contributed by atoms with Gasteiger partial charge in [-0.25, -0.2) is 4.98 Å². The number of pyridine rings is 1. The van der Waals surface area contributed by atoms with Crippen LogP contribution in [-0.4, -0.2) is 21.2 Å². The minimum atomic E-state index is -0.892. The third-order valence-electron chi connectivity index (χ3n) is 2.86. The molecule has 0 amide bonds. The minimum absolute atomic E-state index is 0.534. The summed E-state index contributed by atoms with van der Waals surface area (Å²) in [5, 5.41) is 21.9. The molecular formula is C12H17N3O. The van der Waals surface area contributed by atoms with Gasteiger partial charge in [-0.1, -0.05) is 0 Å². The SMILES string of the molecule is CC(C)(O)C(C)(C)Nc1cc(C#N)ccn1. The predicted octanol–water partition coefficient (Wildman–Crippen LogP) is 1.91. The number of nitrogens with one attached hydrogen (secondary N) is 1. The Morgan fingerprint density at radius 3 is 2.50 bits per heavy atom. The minimum Gasteiger partial charge on any atom is -0.388 e. The molecule has 0 fully saturated rings. The van der Waals surface area contributed by atoms with Crippen LogP contribution in [0.5, 0.6) is 0 Å². The smallest absolute Gasteiger partial charge is 0.127 e. The number of rotatable bonds is 3. The number of aliphatic hydroxyl groups is 1. The van der Waals surface area contributed by atoms with E-state index in [0.29, 0.717) is 11.4 Å². The molecule has 0 aromatic carbocycles. The average Bonchev–Trinajstić information content (AvgIpc) is 2.15. The topological polar surface area (TPSA) is 68.9 Å². The highest BCUT2D eigenvalue weighted by Crippen LogP contribution is 2.25. The molecule has 16 heavy (non-hydrogen) atoms. The summed E-state index contributed by atoms with van der Waals surface area (Å²) in [4.78, 5) is 4.11. The average molecular weight is 219 g/mol. The molecule has 0 saturated heterocycles. The lowest BCUT2D eigenvalue weighted by atomic mass is 9.86. The van der Waals surface area contributed by atoms with E-state index in [1.54, 1.807) is 32.2 Å². The molecule has 0 radical (unpaired) electrons. The third kappa shape index (κ3) is 2.71. The summed E-state index contributed by atoms with van der Waals surface area (Å²) < 4.78 is 0. The zero-order valence-corrected chi connectivity index (χ0v) is 10.1. The molecule has 0 spiro atoms. The highest BCUT2D eigenvalue weighted by molar-refractivity contribution is 5.44. The van der Waals surface area contributed by atoms with Crippen LogP contribution in [-0.2, 0) is 0 Å². The summed E-state index contributed by atoms with van der Waals surface area (Å²) in [6, 6.07) is 5.35. The summed E-state index contributed by atoms with van der Waals surface area (Å²) in [6.07, 6.45) is 1.57. The van der Waals surface area contributed by atoms with E-state index in [2.05, 4.69) is 10.3 Å². The van der Waals surface area contributed by atoms with Gasteiger partial charge in [-0.3, -0.25) is 0 Å². The molecule has 4 heteroatoms. The van der Waals surface area contributed by atoms with E-state index in [0.717, 1.165) is 0 Å². The lowest BCUT2D eigenvalue weighted by Gasteiger charge is -2.38. The molecule has 2 N–H and O–H groups in total. The van der Waals surface area contributed by atoms with Crippen LogP contribution in [0.4, 0.5) is 5.82 Å². The van der Waals surface area contributed by atoms with Crippen LogP contribution in [0.1, 0.15) is 33.3 Å². The number of anilines is 1. The summed E-state index contributed by atoms with van der Waals surface area (Å²) in [5.74, 6) is 0.589. The fourth-order valence-corrected chi connectivity index (χ4v) is 1.04. The van der Waals surface area contributed by atoms with Gasteiger partial charge in [-0.2, -0.15) is 5.26 Å². The van der Waals surface area contributed by atoms with Crippen LogP contribution in [0.2, 0.25) is 0 Å². The molecule has 4 nitrogen and oxygen atoms in total. The van der Waals surface area contributed by atoms with Gasteiger partial charge < -0.3 is 10.4 Å². The molecule has 1 rings (SSSR count). The molecule has 1 aromatic rings. The van der Waals surface area contributed by atoms with Crippen molar-refractivity contribution < 1.29 is 5.11 Å². The number of hydrogen-bond acceptors (Lipinski definition) is 4. The van der Waals surface area contributed by atoms with Crippen molar-refractivity contribution in [2.45, 2.75) is 38.8 Å². The molecule has 0 unspecified atom stereocenters. The zero-order chi connectivity index (χ0) is 12.4. The molecule has 1 heterocycles. The van der Waals surface area contributed by atoms with E-state index >= 15 is 0 Å². The van der Waals surface area contributed by atoms with Gasteiger partial charge in [0.25, 0.3) is 0 Å². The Morgan fingerprint density at radius 1 is 1.38 bits per heavy atom. The Kier molecular flexibility index (Phi) is 3.20. The zero-order valence-electron chi connectivity index (χ0n) is 10.1. The molecular weight excluding hydrogens is 202 g/mol. The van der Waals surface area contributed by atoms with Crippen molar-refractivity contribution in [3.8, 4) is 6.07 Å². The first-order chi connectivity index (χ1) is 7.26. The standard InChI is InChI=1S/C12H17N3O/c1-11(2,12(3,4)16)15-10-7-9(8-13)5-6-14-10/h5-7,16H,1-4H3,(H,14,15). The van der Waals surface area contributed by atoms with Crippen LogP contribution in [0.25, 0.3) is 0 Å². The molecule has 86 valence electrons. The van der Waals surface area contributed by atoms with Crippen molar-refractivity contribution >= 4 is 5.82 Å². The third-order valence-corrected chi connectivity index (χ3v) is 2.86. The van der Waals surface area contributed by atoms with E-state index in [9.17, 15) is 5.11 Å². The monoisotopic (exact) mass is 219 g/mol. The van der Waals surface area contributed by atoms with Crippen LogP contribution in [0.3, 0.4) is 0 Å². The maximum Gasteiger partial charge on any atom is 0.127 e. The molecule has 0 aliphatic rings. The van der Waals surface area contributed by atoms with Gasteiger partial charge in [0, 0.05) is 6.20 Å². The quantitative estimate of drug-likeness (QED) is 0.814. The van der Waals surface area contributed by atoms with Gasteiger partial charge in [-0.15, -0.1) is 0 Å². The summed E-state index contributed by atoms with van der Waals surface area (Å²) in [7, 11) is 0. The first-order valence-corrected chi connectivity index (χ1v) is 5.13. The number of hydrogen-bond donors (Lipinski definition) is 2. The molecule has 0 atom stereocenters. The van der Waals surface area contributed by atoms with Crippen molar-refractivity contribution in [1.29, 1.82) is 5.26 Å². The largest absolute Gasteiger partial charge is 0.388 e. The van der Waals surface area contributed by atoms with Crippen LogP contribution < -0.4 is 5.32 Å². The van der Waals surface area contributed by atoms with Crippen molar-refractivity contribution in [2.75, 3.05) is 5.32 Å². The Hall–Kier alpha value is -1.60. The lowest BCUT2D eigenvalue weighted by molar-refractivity contribution is 0.0239. The van der Waals surface area contributed by atoms with Gasteiger partial charge in [0.1, 0.15) is 5.82 Å². The highest BCUT2D eigenvalue weighted by atomic mass is 16.3. The first-order valence-electron chi connectivity index (χ1n) is 5.13. The maximum atomic E-state index is 9.98. The van der Waals surface area contributed by atoms with Gasteiger partial charge in [0.2, 0.25) is 0 Å². The molecule has 0 aliphatic heterocycles. The van der Waals surface area contributed by atoms with Crippen molar-refractivity contribution in [1.82, 2.24) is 4.98 Å². The Balaban J connectivity index is 2.93. The predicted molar refractivity (Wildman–Crippen MR) is 63.0 cm³/mol. The summed E-state index contributed by atoms with van der Waals surface area (Å²) >= 11 is 0. The Morgan fingerprint density at radius 2 is 2.00 bits per heavy atom. The van der Waals surface area contributed by atoms with E-state index in [4.69, 9.17) is 5.26 Å². The van der Waals surface area contributed by atoms with E-state index < -0.39 is 11.1 Å². The Labute approximate surface area is 95.9 Å². The molecule has 0 aliphatic carbocycles. The first kappa shape index (κ1) is 12.5. The second-order valence-electron chi connectivity index (χ2n) is 4.85. The lowest BCUT2D eigenvalue weighted by Crippen LogP contribution is -2.51. The normalized spacial score (nSPS) is 12.0. The Bertz CT molecular complexity index is 413. The number of aromatic nitrogens is 1. The van der Waals surface area contributed by atoms with Crippen molar-refractivity contribution in [2.24, 2.45) is 0 Å². The molecule has 1 aromatic heterocycles. The fourth-order valence-electron chi connectivity index (χ4n) is 1.04. The van der Waals surface area contributed by atoms with Gasteiger partial charge in [-0.05, 0) is 39.8 Å². The summed E-state index contributed by atoms with van der Waals surface area (Å²) in [5.41, 5.74) is -0.880. The number of nitriles is 1. The molecule has 0 bridgehead atoms. The van der Waals surface area contributed by atoms with E-state index in [1.165, 1.54) is 0 Å².